The molecule has 0 saturated heterocycles. The van der Waals surface area contributed by atoms with Crippen LogP contribution in [0.3, 0.4) is 0 Å². The van der Waals surface area contributed by atoms with Crippen LogP contribution in [0.25, 0.3) is 22.3 Å². The van der Waals surface area contributed by atoms with E-state index in [1.165, 1.54) is 27.8 Å². The molecule has 3 heterocycles. The van der Waals surface area contributed by atoms with Crippen molar-refractivity contribution in [1.82, 2.24) is 14.5 Å². The molecule has 0 radical (unpaired) electrons. The molecule has 1 aliphatic rings. The van der Waals surface area contributed by atoms with Crippen LogP contribution in [0.2, 0.25) is 0 Å². The number of nitrogens with zero attached hydrogens (tertiary/aromatic N) is 3. The number of rotatable bonds is 5. The minimum Gasteiger partial charge on any atom is -0.330 e. The van der Waals surface area contributed by atoms with Crippen LogP contribution in [0.5, 0.6) is 0 Å². The predicted molar refractivity (Wildman–Crippen MR) is 128 cm³/mol. The molecule has 160 valence electrons. The summed E-state index contributed by atoms with van der Waals surface area (Å²) in [6.07, 6.45) is 1.13. The van der Waals surface area contributed by atoms with Gasteiger partial charge < -0.3 is 4.57 Å². The maximum Gasteiger partial charge on any atom is 0.140 e. The van der Waals surface area contributed by atoms with Gasteiger partial charge in [0, 0.05) is 41.8 Å². The third-order valence-electron chi connectivity index (χ3n) is 6.83. The molecule has 0 aliphatic carbocycles. The minimum absolute atomic E-state index is 0.503. The van der Waals surface area contributed by atoms with Gasteiger partial charge in [-0.05, 0) is 74.4 Å². The van der Waals surface area contributed by atoms with Gasteiger partial charge in [0.2, 0.25) is 0 Å². The molecular formula is C27H37N3. The van der Waals surface area contributed by atoms with Crippen molar-refractivity contribution in [3.8, 4) is 11.3 Å². The van der Waals surface area contributed by atoms with Gasteiger partial charge in [0.15, 0.2) is 0 Å². The first-order chi connectivity index (χ1) is 14.3. The van der Waals surface area contributed by atoms with Crippen LogP contribution >= 0.6 is 0 Å². The Morgan fingerprint density at radius 1 is 0.967 bits per heavy atom. The summed E-state index contributed by atoms with van der Waals surface area (Å²) in [5.41, 5.74) is 7.79. The van der Waals surface area contributed by atoms with Gasteiger partial charge in [0.1, 0.15) is 5.65 Å². The van der Waals surface area contributed by atoms with Crippen LogP contribution in [0.4, 0.5) is 0 Å². The molecule has 1 aliphatic heterocycles. The Balaban J connectivity index is 1.74. The summed E-state index contributed by atoms with van der Waals surface area (Å²) >= 11 is 0. The van der Waals surface area contributed by atoms with Gasteiger partial charge in [0.25, 0.3) is 0 Å². The minimum atomic E-state index is 0.503. The fraction of sp³-hybridized carbons (Fsp3) is 0.519. The highest BCUT2D eigenvalue weighted by Gasteiger charge is 2.30. The van der Waals surface area contributed by atoms with Crippen molar-refractivity contribution in [3.05, 3.63) is 53.2 Å². The molecule has 30 heavy (non-hydrogen) atoms. The Bertz CT molecular complexity index is 1040. The second-order valence-corrected chi connectivity index (χ2v) is 9.84. The summed E-state index contributed by atoms with van der Waals surface area (Å²) in [6, 6.07) is 14.9. The topological polar surface area (TPSA) is 21.1 Å². The van der Waals surface area contributed by atoms with E-state index in [0.29, 0.717) is 23.9 Å². The highest BCUT2D eigenvalue weighted by molar-refractivity contribution is 5.81. The van der Waals surface area contributed by atoms with E-state index in [9.17, 15) is 0 Å². The van der Waals surface area contributed by atoms with E-state index < -0.39 is 0 Å². The molecule has 3 heteroatoms. The van der Waals surface area contributed by atoms with Crippen molar-refractivity contribution in [3.63, 3.8) is 0 Å². The number of benzene rings is 1. The molecule has 2 aromatic heterocycles. The zero-order valence-corrected chi connectivity index (χ0v) is 19.7. The highest BCUT2D eigenvalue weighted by Crippen LogP contribution is 2.33. The SMILES string of the molecule is CCn1c(C(C)C)cc2ccc(-c3ccc4c(c3)CC(C(C)C)N(C(C)C)C4)nc21. The summed E-state index contributed by atoms with van der Waals surface area (Å²) in [6.45, 7) is 18.1. The maximum atomic E-state index is 5.12. The van der Waals surface area contributed by atoms with Crippen LogP contribution in [0, 0.1) is 5.92 Å². The molecule has 1 aromatic carbocycles. The first-order valence-corrected chi connectivity index (χ1v) is 11.7. The van der Waals surface area contributed by atoms with Crippen LogP contribution in [-0.4, -0.2) is 26.5 Å². The van der Waals surface area contributed by atoms with Gasteiger partial charge in [-0.2, -0.15) is 0 Å². The number of aryl methyl sites for hydroxylation is 1. The summed E-state index contributed by atoms with van der Waals surface area (Å²) in [5.74, 6) is 1.16. The normalized spacial score (nSPS) is 17.5. The molecule has 1 atom stereocenters. The summed E-state index contributed by atoms with van der Waals surface area (Å²) in [4.78, 5) is 7.78. The van der Waals surface area contributed by atoms with Crippen molar-refractivity contribution >= 4 is 11.0 Å². The number of aromatic nitrogens is 2. The van der Waals surface area contributed by atoms with E-state index in [-0.39, 0.29) is 0 Å². The summed E-state index contributed by atoms with van der Waals surface area (Å²) < 4.78 is 2.37. The Hall–Kier alpha value is -2.13. The van der Waals surface area contributed by atoms with Crippen molar-refractivity contribution < 1.29 is 0 Å². The van der Waals surface area contributed by atoms with E-state index >= 15 is 0 Å². The summed E-state index contributed by atoms with van der Waals surface area (Å²) in [5, 5.41) is 1.25. The van der Waals surface area contributed by atoms with Crippen molar-refractivity contribution in [2.24, 2.45) is 5.92 Å². The van der Waals surface area contributed by atoms with Gasteiger partial charge >= 0.3 is 0 Å². The second-order valence-electron chi connectivity index (χ2n) is 9.84. The lowest BCUT2D eigenvalue weighted by atomic mass is 9.86. The molecule has 0 N–H and O–H groups in total. The van der Waals surface area contributed by atoms with E-state index in [0.717, 1.165) is 30.9 Å². The van der Waals surface area contributed by atoms with E-state index in [1.54, 1.807) is 0 Å². The fourth-order valence-electron chi connectivity index (χ4n) is 5.09. The largest absolute Gasteiger partial charge is 0.330 e. The zero-order valence-electron chi connectivity index (χ0n) is 19.7. The third-order valence-corrected chi connectivity index (χ3v) is 6.83. The summed E-state index contributed by atoms with van der Waals surface area (Å²) in [7, 11) is 0. The van der Waals surface area contributed by atoms with Crippen LogP contribution < -0.4 is 0 Å². The molecular weight excluding hydrogens is 366 g/mol. The molecule has 0 fully saturated rings. The molecule has 0 spiro atoms. The van der Waals surface area contributed by atoms with Gasteiger partial charge in [-0.25, -0.2) is 4.98 Å². The quantitative estimate of drug-likeness (QED) is 0.476. The monoisotopic (exact) mass is 403 g/mol. The first-order valence-electron chi connectivity index (χ1n) is 11.7. The third kappa shape index (κ3) is 3.69. The first kappa shape index (κ1) is 21.1. The molecule has 0 amide bonds. The van der Waals surface area contributed by atoms with E-state index in [1.807, 2.05) is 0 Å². The van der Waals surface area contributed by atoms with Gasteiger partial charge in [-0.1, -0.05) is 39.8 Å². The van der Waals surface area contributed by atoms with Crippen LogP contribution in [0.1, 0.15) is 71.2 Å². The fourth-order valence-corrected chi connectivity index (χ4v) is 5.09. The average Bonchev–Trinajstić information content (AvgIpc) is 3.10. The number of pyridine rings is 1. The van der Waals surface area contributed by atoms with Crippen molar-refractivity contribution in [2.75, 3.05) is 0 Å². The number of hydrogen-bond donors (Lipinski definition) is 0. The van der Waals surface area contributed by atoms with Gasteiger partial charge in [0.05, 0.1) is 5.69 Å². The molecule has 0 bridgehead atoms. The molecule has 0 saturated carbocycles. The highest BCUT2D eigenvalue weighted by atomic mass is 15.2. The lowest BCUT2D eigenvalue weighted by Gasteiger charge is -2.42. The Kier molecular flexibility index (Phi) is 5.76. The Morgan fingerprint density at radius 3 is 2.37 bits per heavy atom. The standard InChI is InChI=1S/C27H37N3/c1-8-29-25(17(2)3)14-21-11-12-24(28-27(21)29)20-9-10-22-16-30(19(6)7)26(18(4)5)15-23(22)13-20/h9-14,17-19,26H,8,15-16H2,1-7H3. The van der Waals surface area contributed by atoms with Crippen molar-refractivity contribution in [1.29, 1.82) is 0 Å². The smallest absolute Gasteiger partial charge is 0.140 e. The lowest BCUT2D eigenvalue weighted by molar-refractivity contribution is 0.0973. The van der Waals surface area contributed by atoms with Gasteiger partial charge in [-0.3, -0.25) is 4.90 Å². The molecule has 4 rings (SSSR count). The maximum absolute atomic E-state index is 5.12. The average molecular weight is 404 g/mol. The van der Waals surface area contributed by atoms with Gasteiger partial charge in [-0.15, -0.1) is 0 Å². The van der Waals surface area contributed by atoms with Crippen molar-refractivity contribution in [2.45, 2.75) is 86.0 Å². The second kappa shape index (κ2) is 8.19. The Morgan fingerprint density at radius 2 is 1.73 bits per heavy atom. The van der Waals surface area contributed by atoms with Crippen LogP contribution in [0.15, 0.2) is 36.4 Å². The molecule has 3 aromatic rings. The number of fused-ring (bicyclic) bond motifs is 2. The van der Waals surface area contributed by atoms with Crippen LogP contribution in [-0.2, 0) is 19.5 Å². The van der Waals surface area contributed by atoms with E-state index in [4.69, 9.17) is 4.98 Å². The molecule has 1 unspecified atom stereocenters. The molecule has 3 nitrogen and oxygen atoms in total. The number of hydrogen-bond acceptors (Lipinski definition) is 2. The lowest BCUT2D eigenvalue weighted by Crippen LogP contribution is -2.47. The van der Waals surface area contributed by atoms with E-state index in [2.05, 4.69) is 94.3 Å². The Labute approximate surface area is 182 Å². The predicted octanol–water partition coefficient (Wildman–Crippen LogP) is 6.64. The zero-order chi connectivity index (χ0) is 21.6.